The van der Waals surface area contributed by atoms with Crippen LogP contribution in [0.1, 0.15) is 5.56 Å². The van der Waals surface area contributed by atoms with Gasteiger partial charge in [0.05, 0.1) is 23.0 Å². The molecule has 11 nitrogen and oxygen atoms in total. The number of amides is 1. The zero-order valence-corrected chi connectivity index (χ0v) is 19.5. The molecular formula is C21H23N3O8S2. The molecule has 1 amide bonds. The molecule has 0 bridgehead atoms. The van der Waals surface area contributed by atoms with Gasteiger partial charge in [0.15, 0.2) is 6.61 Å². The number of benzene rings is 2. The Morgan fingerprint density at radius 1 is 0.971 bits per heavy atom. The Bertz CT molecular complexity index is 1270. The monoisotopic (exact) mass is 509 g/mol. The molecule has 0 spiro atoms. The first-order chi connectivity index (χ1) is 16.1. The summed E-state index contributed by atoms with van der Waals surface area (Å²) in [5, 5.41) is 7.46. The normalized spacial score (nSPS) is 15.2. The molecule has 182 valence electrons. The molecule has 0 atom stereocenters. The Hall–Kier alpha value is -3.10. The number of anilines is 1. The molecule has 0 unspecified atom stereocenters. The molecular weight excluding hydrogens is 486 g/mol. The minimum atomic E-state index is -3.84. The van der Waals surface area contributed by atoms with Crippen LogP contribution in [0.5, 0.6) is 0 Å². The van der Waals surface area contributed by atoms with E-state index in [0.717, 1.165) is 6.08 Å². The van der Waals surface area contributed by atoms with Crippen molar-refractivity contribution in [1.82, 2.24) is 4.31 Å². The van der Waals surface area contributed by atoms with Crippen molar-refractivity contribution in [2.24, 2.45) is 5.14 Å². The van der Waals surface area contributed by atoms with Crippen molar-refractivity contribution in [2.75, 3.05) is 38.2 Å². The number of nitrogens with one attached hydrogen (secondary N) is 1. The Morgan fingerprint density at radius 3 is 2.15 bits per heavy atom. The van der Waals surface area contributed by atoms with E-state index < -0.39 is 38.5 Å². The Labute approximate surface area is 197 Å². The molecule has 2 aromatic rings. The van der Waals surface area contributed by atoms with Gasteiger partial charge < -0.3 is 14.8 Å². The molecule has 3 rings (SSSR count). The molecule has 1 saturated heterocycles. The van der Waals surface area contributed by atoms with Crippen LogP contribution in [0, 0.1) is 0 Å². The van der Waals surface area contributed by atoms with Crippen LogP contribution in [0.4, 0.5) is 5.69 Å². The van der Waals surface area contributed by atoms with Crippen LogP contribution >= 0.6 is 0 Å². The SMILES string of the molecule is NS(=O)(=O)c1ccc(NC(=O)COC(=O)/C=C/c2ccc(S(=O)(=O)N3CCOCC3)cc2)cc1. The van der Waals surface area contributed by atoms with Crippen LogP contribution < -0.4 is 10.5 Å². The van der Waals surface area contributed by atoms with Crippen LogP contribution in [-0.2, 0) is 39.1 Å². The van der Waals surface area contributed by atoms with Crippen LogP contribution in [-0.4, -0.2) is 65.9 Å². The summed E-state index contributed by atoms with van der Waals surface area (Å²) >= 11 is 0. The zero-order valence-electron chi connectivity index (χ0n) is 17.9. The Morgan fingerprint density at radius 2 is 1.56 bits per heavy atom. The largest absolute Gasteiger partial charge is 0.452 e. The lowest BCUT2D eigenvalue weighted by Crippen LogP contribution is -2.40. The molecule has 0 aromatic heterocycles. The minimum absolute atomic E-state index is 0.103. The van der Waals surface area contributed by atoms with E-state index in [2.05, 4.69) is 5.32 Å². The van der Waals surface area contributed by atoms with Crippen molar-refractivity contribution in [2.45, 2.75) is 9.79 Å². The van der Waals surface area contributed by atoms with Crippen molar-refractivity contribution < 1.29 is 35.9 Å². The highest BCUT2D eigenvalue weighted by Crippen LogP contribution is 2.18. The standard InChI is InChI=1S/C21H23N3O8S2/c22-33(27,28)18-8-4-17(5-9-18)23-20(25)15-32-21(26)10-3-16-1-6-19(7-2-16)34(29,30)24-11-13-31-14-12-24/h1-10H,11-15H2,(H,23,25)(H2,22,27,28)/b10-3+. The summed E-state index contributed by atoms with van der Waals surface area (Å²) in [5.41, 5.74) is 0.869. The van der Waals surface area contributed by atoms with Gasteiger partial charge in [0.25, 0.3) is 5.91 Å². The molecule has 0 radical (unpaired) electrons. The smallest absolute Gasteiger partial charge is 0.331 e. The van der Waals surface area contributed by atoms with Crippen molar-refractivity contribution in [3.05, 3.63) is 60.2 Å². The third-order valence-electron chi connectivity index (χ3n) is 4.71. The number of nitrogens with two attached hydrogens (primary N) is 1. The maximum absolute atomic E-state index is 12.6. The molecule has 2 aromatic carbocycles. The fourth-order valence-corrected chi connectivity index (χ4v) is 4.88. The average molecular weight is 510 g/mol. The van der Waals surface area contributed by atoms with Gasteiger partial charge in [-0.05, 0) is 48.0 Å². The van der Waals surface area contributed by atoms with Gasteiger partial charge in [-0.1, -0.05) is 12.1 Å². The number of sulfonamides is 2. The first-order valence-electron chi connectivity index (χ1n) is 10.0. The number of hydrogen-bond acceptors (Lipinski definition) is 8. The van der Waals surface area contributed by atoms with E-state index >= 15 is 0 Å². The predicted molar refractivity (Wildman–Crippen MR) is 122 cm³/mol. The third kappa shape index (κ3) is 6.95. The first kappa shape index (κ1) is 25.5. The fraction of sp³-hybridized carbons (Fsp3) is 0.238. The first-order valence-corrected chi connectivity index (χ1v) is 13.0. The molecule has 3 N–H and O–H groups in total. The number of morpholine rings is 1. The number of rotatable bonds is 8. The Balaban J connectivity index is 1.49. The summed E-state index contributed by atoms with van der Waals surface area (Å²) in [6.45, 7) is 0.738. The number of carbonyl (C=O) groups is 2. The predicted octanol–water partition coefficient (Wildman–Crippen LogP) is 0.550. The second-order valence-electron chi connectivity index (χ2n) is 7.14. The third-order valence-corrected chi connectivity index (χ3v) is 7.55. The summed E-state index contributed by atoms with van der Waals surface area (Å²) in [6.07, 6.45) is 2.54. The van der Waals surface area contributed by atoms with Gasteiger partial charge in [0.2, 0.25) is 20.0 Å². The topological polar surface area (TPSA) is 162 Å². The van der Waals surface area contributed by atoms with Crippen molar-refractivity contribution in [3.63, 3.8) is 0 Å². The number of hydrogen-bond donors (Lipinski definition) is 2. The van der Waals surface area contributed by atoms with Gasteiger partial charge in [0.1, 0.15) is 0 Å². The lowest BCUT2D eigenvalue weighted by Gasteiger charge is -2.26. The maximum Gasteiger partial charge on any atom is 0.331 e. The maximum atomic E-state index is 12.6. The van der Waals surface area contributed by atoms with Crippen molar-refractivity contribution in [3.8, 4) is 0 Å². The van der Waals surface area contributed by atoms with Crippen molar-refractivity contribution in [1.29, 1.82) is 0 Å². The molecule has 1 fully saturated rings. The summed E-state index contributed by atoms with van der Waals surface area (Å²) in [4.78, 5) is 23.8. The number of primary sulfonamides is 1. The van der Waals surface area contributed by atoms with Gasteiger partial charge >= 0.3 is 5.97 Å². The molecule has 1 aliphatic rings. The van der Waals surface area contributed by atoms with Gasteiger partial charge in [-0.3, -0.25) is 4.79 Å². The van der Waals surface area contributed by atoms with Gasteiger partial charge in [-0.2, -0.15) is 4.31 Å². The van der Waals surface area contributed by atoms with Crippen LogP contribution in [0.3, 0.4) is 0 Å². The summed E-state index contributed by atoms with van der Waals surface area (Å²) in [7, 11) is -7.45. The quantitative estimate of drug-likeness (QED) is 0.385. The van der Waals surface area contributed by atoms with Gasteiger partial charge in [-0.15, -0.1) is 0 Å². The van der Waals surface area contributed by atoms with E-state index in [1.807, 2.05) is 0 Å². The molecule has 34 heavy (non-hydrogen) atoms. The highest BCUT2D eigenvalue weighted by atomic mass is 32.2. The van der Waals surface area contributed by atoms with Crippen LogP contribution in [0.25, 0.3) is 6.08 Å². The number of esters is 1. The molecule has 1 aliphatic heterocycles. The second kappa shape index (κ2) is 10.9. The van der Waals surface area contributed by atoms with E-state index in [-0.39, 0.29) is 9.79 Å². The molecule has 0 aliphatic carbocycles. The fourth-order valence-electron chi connectivity index (χ4n) is 2.96. The van der Waals surface area contributed by atoms with E-state index in [0.29, 0.717) is 37.6 Å². The Kier molecular flexibility index (Phi) is 8.17. The summed E-state index contributed by atoms with van der Waals surface area (Å²) in [5.74, 6) is -1.40. The average Bonchev–Trinajstić information content (AvgIpc) is 2.82. The van der Waals surface area contributed by atoms with Crippen molar-refractivity contribution >= 4 is 43.7 Å². The van der Waals surface area contributed by atoms with E-state index in [1.54, 1.807) is 12.1 Å². The summed E-state index contributed by atoms with van der Waals surface area (Å²) < 4.78 is 59.1. The van der Waals surface area contributed by atoms with Crippen LogP contribution in [0.15, 0.2) is 64.4 Å². The van der Waals surface area contributed by atoms with E-state index in [9.17, 15) is 26.4 Å². The number of ether oxygens (including phenoxy) is 2. The zero-order chi connectivity index (χ0) is 24.8. The number of carbonyl (C=O) groups excluding carboxylic acids is 2. The number of nitrogens with zero attached hydrogens (tertiary/aromatic N) is 1. The van der Waals surface area contributed by atoms with E-state index in [4.69, 9.17) is 14.6 Å². The highest BCUT2D eigenvalue weighted by Gasteiger charge is 2.25. The molecule has 1 heterocycles. The second-order valence-corrected chi connectivity index (χ2v) is 10.6. The lowest BCUT2D eigenvalue weighted by atomic mass is 10.2. The van der Waals surface area contributed by atoms with Crippen LogP contribution in [0.2, 0.25) is 0 Å². The van der Waals surface area contributed by atoms with E-state index in [1.165, 1.54) is 46.8 Å². The van der Waals surface area contributed by atoms with Gasteiger partial charge in [-0.25, -0.2) is 26.8 Å². The molecule has 13 heteroatoms. The van der Waals surface area contributed by atoms with Gasteiger partial charge in [0, 0.05) is 24.9 Å². The minimum Gasteiger partial charge on any atom is -0.452 e. The lowest BCUT2D eigenvalue weighted by molar-refractivity contribution is -0.142. The molecule has 0 saturated carbocycles. The highest BCUT2D eigenvalue weighted by molar-refractivity contribution is 7.89. The summed E-state index contributed by atoms with van der Waals surface area (Å²) in [6, 6.07) is 11.2.